The summed E-state index contributed by atoms with van der Waals surface area (Å²) >= 11 is 0. The lowest BCUT2D eigenvalue weighted by atomic mass is 10.0. The van der Waals surface area contributed by atoms with Crippen molar-refractivity contribution >= 4 is 65.0 Å². The fraction of sp³-hybridized carbons (Fsp3) is 0.766. The summed E-state index contributed by atoms with van der Waals surface area (Å²) in [6.45, 7) is 13.6. The van der Waals surface area contributed by atoms with Gasteiger partial charge in [0.2, 0.25) is 65.0 Å². The van der Waals surface area contributed by atoms with E-state index in [2.05, 4.69) is 21.3 Å². The second kappa shape index (κ2) is 30.7. The molecule has 0 saturated heterocycles. The van der Waals surface area contributed by atoms with Crippen molar-refractivity contribution in [3.63, 3.8) is 0 Å². The van der Waals surface area contributed by atoms with Crippen molar-refractivity contribution in [1.82, 2.24) is 55.6 Å². The fourth-order valence-electron chi connectivity index (χ4n) is 7.05. The Morgan fingerprint density at radius 3 is 1.49 bits per heavy atom. The van der Waals surface area contributed by atoms with Crippen molar-refractivity contribution in [3.05, 3.63) is 0 Å². The summed E-state index contributed by atoms with van der Waals surface area (Å²) in [5.74, 6) is -6.25. The molecule has 23 heteroatoms. The lowest BCUT2D eigenvalue weighted by Crippen LogP contribution is -2.57. The number of carbonyl (C=O) groups excluding carboxylic acids is 11. The SMILES string of the molecule is CC[C@H](NC(=O)CC(O)CCC(C)C)C(=O)N(C)CC(=O)N(C)CC(=O)NCC(=O)N(C)C(CC(C)C)C(=O)N[C@@H](C)C(=O)NC(C)C(=O)N(C)CC(=O)N(C)CC(=O)N(C)C(C(=O)N(C)C)C(C)C. The van der Waals surface area contributed by atoms with E-state index in [9.17, 15) is 57.8 Å². The van der Waals surface area contributed by atoms with Crippen molar-refractivity contribution in [2.75, 3.05) is 89.1 Å². The number of nitrogens with zero attached hydrogens (tertiary/aromatic N) is 7. The summed E-state index contributed by atoms with van der Waals surface area (Å²) in [7, 11) is 11.5. The molecule has 0 aliphatic heterocycles. The van der Waals surface area contributed by atoms with Crippen LogP contribution in [0.15, 0.2) is 0 Å². The topological polar surface area (TPSA) is 279 Å². The van der Waals surface area contributed by atoms with Crippen LogP contribution in [0.3, 0.4) is 0 Å². The Morgan fingerprint density at radius 1 is 0.500 bits per heavy atom. The highest BCUT2D eigenvalue weighted by Gasteiger charge is 2.34. The Morgan fingerprint density at radius 2 is 1.00 bits per heavy atom. The van der Waals surface area contributed by atoms with Gasteiger partial charge in [0, 0.05) is 56.4 Å². The molecule has 0 heterocycles. The predicted octanol–water partition coefficient (Wildman–Crippen LogP) is -1.53. The van der Waals surface area contributed by atoms with Crippen LogP contribution in [0.2, 0.25) is 0 Å². The van der Waals surface area contributed by atoms with E-state index in [1.165, 1.54) is 65.9 Å². The highest BCUT2D eigenvalue weighted by Crippen LogP contribution is 2.14. The molecule has 70 heavy (non-hydrogen) atoms. The minimum absolute atomic E-state index is 0.0936. The zero-order valence-corrected chi connectivity index (χ0v) is 44.8. The molecule has 0 bridgehead atoms. The zero-order chi connectivity index (χ0) is 54.5. The molecule has 0 saturated carbocycles. The quantitative estimate of drug-likeness (QED) is 0.0572. The molecular weight excluding hydrogens is 911 g/mol. The standard InChI is InChI=1S/C47H85N11O12/c1-18-34(51-36(60)22-33(59)20-19-28(2)3)46(69)56(15)26-39(63)53(12)24-37(61)48-23-38(62)57(16)35(21-29(4)5)44(67)49-31(8)43(66)50-32(9)45(68)55(14)25-40(64)54(13)27-41(65)58(17)42(30(6)7)47(70)52(10)11/h28-35,42,59H,18-27H2,1-17H3,(H,48,61)(H,49,67)(H,50,66)(H,51,60)/t31-,32?,33?,34-,35?,42?/m0/s1. The van der Waals surface area contributed by atoms with Crippen LogP contribution in [0.5, 0.6) is 0 Å². The van der Waals surface area contributed by atoms with Crippen LogP contribution in [0.1, 0.15) is 94.4 Å². The molecule has 0 aromatic carbocycles. The first-order valence-corrected chi connectivity index (χ1v) is 23.8. The molecular formula is C47H85N11O12. The van der Waals surface area contributed by atoms with Crippen LogP contribution in [0.25, 0.3) is 0 Å². The van der Waals surface area contributed by atoms with Gasteiger partial charge in [-0.2, -0.15) is 0 Å². The molecule has 23 nitrogen and oxygen atoms in total. The third-order valence-corrected chi connectivity index (χ3v) is 11.6. The molecule has 4 unspecified atom stereocenters. The molecule has 5 N–H and O–H groups in total. The van der Waals surface area contributed by atoms with Crippen molar-refractivity contribution in [2.45, 2.75) is 131 Å². The third-order valence-electron chi connectivity index (χ3n) is 11.6. The molecule has 0 aromatic heterocycles. The van der Waals surface area contributed by atoms with Crippen molar-refractivity contribution in [1.29, 1.82) is 0 Å². The molecule has 0 aliphatic rings. The summed E-state index contributed by atoms with van der Waals surface area (Å²) < 4.78 is 0. The van der Waals surface area contributed by atoms with Crippen LogP contribution in [-0.2, 0) is 52.7 Å². The number of nitrogens with one attached hydrogen (secondary N) is 4. The summed E-state index contributed by atoms with van der Waals surface area (Å²) in [5.41, 5.74) is 0. The molecule has 0 rings (SSSR count). The maximum Gasteiger partial charge on any atom is 0.245 e. The first kappa shape index (κ1) is 64.1. The lowest BCUT2D eigenvalue weighted by molar-refractivity contribution is -0.148. The van der Waals surface area contributed by atoms with E-state index in [-0.39, 0.29) is 43.6 Å². The largest absolute Gasteiger partial charge is 0.393 e. The highest BCUT2D eigenvalue weighted by atomic mass is 16.3. The lowest BCUT2D eigenvalue weighted by Gasteiger charge is -2.33. The number of aliphatic hydroxyl groups is 1. The van der Waals surface area contributed by atoms with Gasteiger partial charge in [-0.15, -0.1) is 0 Å². The Kier molecular flexibility index (Phi) is 28.1. The number of hydrogen-bond acceptors (Lipinski definition) is 12. The van der Waals surface area contributed by atoms with E-state index in [1.54, 1.807) is 21.0 Å². The second-order valence-electron chi connectivity index (χ2n) is 19.6. The van der Waals surface area contributed by atoms with Crippen LogP contribution >= 0.6 is 0 Å². The third kappa shape index (κ3) is 22.3. The van der Waals surface area contributed by atoms with Gasteiger partial charge < -0.3 is 60.7 Å². The van der Waals surface area contributed by atoms with E-state index in [4.69, 9.17) is 0 Å². The fourth-order valence-corrected chi connectivity index (χ4v) is 7.05. The van der Waals surface area contributed by atoms with Crippen molar-refractivity contribution in [3.8, 4) is 0 Å². The van der Waals surface area contributed by atoms with Gasteiger partial charge in [-0.25, -0.2) is 0 Å². The monoisotopic (exact) mass is 996 g/mol. The first-order valence-electron chi connectivity index (χ1n) is 23.8. The minimum atomic E-state index is -1.18. The summed E-state index contributed by atoms with van der Waals surface area (Å²) in [6.07, 6.45) is 0.595. The predicted molar refractivity (Wildman–Crippen MR) is 262 cm³/mol. The van der Waals surface area contributed by atoms with Crippen molar-refractivity contribution in [2.24, 2.45) is 17.8 Å². The average Bonchev–Trinajstić information content (AvgIpc) is 3.26. The normalized spacial score (nSPS) is 13.7. The van der Waals surface area contributed by atoms with Gasteiger partial charge in [-0.3, -0.25) is 52.7 Å². The summed E-state index contributed by atoms with van der Waals surface area (Å²) in [4.78, 5) is 152. The molecule has 0 radical (unpaired) electrons. The first-order chi connectivity index (χ1) is 32.3. The number of likely N-dealkylation sites (N-methyl/N-ethyl adjacent to an activating group) is 7. The number of carbonyl (C=O) groups is 11. The second-order valence-corrected chi connectivity index (χ2v) is 19.6. The molecule has 0 aliphatic carbocycles. The Balaban J connectivity index is 5.33. The van der Waals surface area contributed by atoms with Crippen molar-refractivity contribution < 1.29 is 57.8 Å². The van der Waals surface area contributed by atoms with E-state index < -0.39 is 122 Å². The average molecular weight is 996 g/mol. The molecule has 0 fully saturated rings. The van der Waals surface area contributed by atoms with Gasteiger partial charge in [0.1, 0.15) is 30.2 Å². The van der Waals surface area contributed by atoms with Crippen LogP contribution in [-0.4, -0.2) is 230 Å². The highest BCUT2D eigenvalue weighted by molar-refractivity contribution is 5.96. The molecule has 0 aromatic rings. The summed E-state index contributed by atoms with van der Waals surface area (Å²) in [5, 5.41) is 20.3. The van der Waals surface area contributed by atoms with E-state index in [0.717, 1.165) is 30.9 Å². The van der Waals surface area contributed by atoms with Crippen LogP contribution in [0, 0.1) is 17.8 Å². The molecule has 6 atom stereocenters. The number of rotatable bonds is 29. The maximum atomic E-state index is 13.6. The summed E-state index contributed by atoms with van der Waals surface area (Å²) in [6, 6.07) is -5.06. The molecule has 0 spiro atoms. The van der Waals surface area contributed by atoms with E-state index in [1.807, 2.05) is 41.5 Å². The minimum Gasteiger partial charge on any atom is -0.393 e. The van der Waals surface area contributed by atoms with E-state index >= 15 is 0 Å². The van der Waals surface area contributed by atoms with Gasteiger partial charge in [0.25, 0.3) is 0 Å². The maximum absolute atomic E-state index is 13.6. The number of hydrogen-bond donors (Lipinski definition) is 5. The smallest absolute Gasteiger partial charge is 0.245 e. The Bertz CT molecular complexity index is 1830. The Labute approximate surface area is 415 Å². The number of amides is 11. The van der Waals surface area contributed by atoms with Crippen LogP contribution < -0.4 is 21.3 Å². The van der Waals surface area contributed by atoms with Gasteiger partial charge in [-0.1, -0.05) is 48.5 Å². The molecule has 400 valence electrons. The Hall–Kier alpha value is -5.87. The van der Waals surface area contributed by atoms with Crippen LogP contribution in [0.4, 0.5) is 0 Å². The number of aliphatic hydroxyl groups excluding tert-OH is 1. The van der Waals surface area contributed by atoms with Gasteiger partial charge in [-0.05, 0) is 57.3 Å². The van der Waals surface area contributed by atoms with Gasteiger partial charge in [0.15, 0.2) is 0 Å². The van der Waals surface area contributed by atoms with Gasteiger partial charge in [0.05, 0.1) is 45.2 Å². The van der Waals surface area contributed by atoms with E-state index in [0.29, 0.717) is 12.3 Å². The zero-order valence-electron chi connectivity index (χ0n) is 44.8. The van der Waals surface area contributed by atoms with Gasteiger partial charge >= 0.3 is 0 Å². The molecule has 11 amide bonds.